The Morgan fingerprint density at radius 1 is 1.56 bits per heavy atom. The van der Waals surface area contributed by atoms with E-state index in [1.54, 1.807) is 6.26 Å². The van der Waals surface area contributed by atoms with Gasteiger partial charge in [-0.25, -0.2) is 0 Å². The summed E-state index contributed by atoms with van der Waals surface area (Å²) in [5.41, 5.74) is 0. The molecule has 3 nitrogen and oxygen atoms in total. The Hall–Kier alpha value is 0.0700. The molecule has 1 heterocycles. The molecule has 3 atom stereocenters. The molecule has 1 aliphatic rings. The summed E-state index contributed by atoms with van der Waals surface area (Å²) >= 11 is 0. The predicted octanol–water partition coefficient (Wildman–Crippen LogP) is 1.07. The van der Waals surface area contributed by atoms with Gasteiger partial charge in [-0.1, -0.05) is 20.3 Å². The predicted molar refractivity (Wildman–Crippen MR) is 71.2 cm³/mol. The van der Waals surface area contributed by atoms with Gasteiger partial charge in [-0.05, 0) is 25.4 Å². The molecule has 0 spiro atoms. The second-order valence-corrected chi connectivity index (χ2v) is 6.43. The molecule has 0 aliphatic carbocycles. The van der Waals surface area contributed by atoms with E-state index in [1.807, 2.05) is 0 Å². The van der Waals surface area contributed by atoms with Crippen LogP contribution in [0.1, 0.15) is 26.7 Å². The van der Waals surface area contributed by atoms with E-state index in [0.717, 1.165) is 37.8 Å². The van der Waals surface area contributed by atoms with E-state index < -0.39 is 10.8 Å². The molecular formula is C12H26N2OS. The van der Waals surface area contributed by atoms with Crippen molar-refractivity contribution in [2.75, 3.05) is 38.2 Å². The molecule has 3 unspecified atom stereocenters. The first kappa shape index (κ1) is 14.1. The lowest BCUT2D eigenvalue weighted by Crippen LogP contribution is -2.42. The fraction of sp³-hybridized carbons (Fsp3) is 1.00. The third-order valence-corrected chi connectivity index (χ3v) is 4.30. The van der Waals surface area contributed by atoms with E-state index in [0.29, 0.717) is 6.04 Å². The van der Waals surface area contributed by atoms with Crippen LogP contribution in [0.4, 0.5) is 0 Å². The SMILES string of the molecule is CCC(C)C1CN(CCS(C)=O)CCCN1. The van der Waals surface area contributed by atoms with Crippen molar-refractivity contribution in [2.24, 2.45) is 5.92 Å². The van der Waals surface area contributed by atoms with Crippen LogP contribution in [-0.2, 0) is 10.8 Å². The van der Waals surface area contributed by atoms with Gasteiger partial charge in [0.05, 0.1) is 0 Å². The van der Waals surface area contributed by atoms with Gasteiger partial charge in [0.15, 0.2) is 0 Å². The van der Waals surface area contributed by atoms with Crippen LogP contribution in [0, 0.1) is 5.92 Å². The van der Waals surface area contributed by atoms with E-state index in [1.165, 1.54) is 12.8 Å². The molecule has 0 amide bonds. The Kier molecular flexibility index (Phi) is 6.54. The number of nitrogens with zero attached hydrogens (tertiary/aromatic N) is 1. The third-order valence-electron chi connectivity index (χ3n) is 3.54. The summed E-state index contributed by atoms with van der Waals surface area (Å²) in [4.78, 5) is 2.47. The second kappa shape index (κ2) is 7.41. The zero-order chi connectivity index (χ0) is 12.0. The quantitative estimate of drug-likeness (QED) is 0.788. The molecule has 1 saturated heterocycles. The monoisotopic (exact) mass is 246 g/mol. The summed E-state index contributed by atoms with van der Waals surface area (Å²) in [7, 11) is -0.659. The van der Waals surface area contributed by atoms with Gasteiger partial charge >= 0.3 is 0 Å². The largest absolute Gasteiger partial charge is 0.312 e. The Labute approximate surface area is 102 Å². The van der Waals surface area contributed by atoms with Crippen LogP contribution < -0.4 is 5.32 Å². The van der Waals surface area contributed by atoms with Gasteiger partial charge in [-0.2, -0.15) is 0 Å². The third kappa shape index (κ3) is 4.93. The van der Waals surface area contributed by atoms with E-state index in [2.05, 4.69) is 24.1 Å². The van der Waals surface area contributed by atoms with Gasteiger partial charge in [-0.3, -0.25) is 4.21 Å². The van der Waals surface area contributed by atoms with Crippen molar-refractivity contribution in [1.29, 1.82) is 0 Å². The van der Waals surface area contributed by atoms with Crippen molar-refractivity contribution < 1.29 is 4.21 Å². The van der Waals surface area contributed by atoms with E-state index in [4.69, 9.17) is 0 Å². The van der Waals surface area contributed by atoms with E-state index in [-0.39, 0.29) is 0 Å². The van der Waals surface area contributed by atoms with Gasteiger partial charge in [0.25, 0.3) is 0 Å². The minimum Gasteiger partial charge on any atom is -0.312 e. The normalized spacial score (nSPS) is 27.3. The first-order valence-electron chi connectivity index (χ1n) is 6.39. The van der Waals surface area contributed by atoms with Gasteiger partial charge in [-0.15, -0.1) is 0 Å². The van der Waals surface area contributed by atoms with Crippen LogP contribution in [0.3, 0.4) is 0 Å². The zero-order valence-electron chi connectivity index (χ0n) is 10.9. The van der Waals surface area contributed by atoms with Gasteiger partial charge in [0.2, 0.25) is 0 Å². The Bertz CT molecular complexity index is 223. The first-order valence-corrected chi connectivity index (χ1v) is 8.12. The Balaban J connectivity index is 2.42. The summed E-state index contributed by atoms with van der Waals surface area (Å²) in [6.45, 7) is 8.95. The molecule has 0 radical (unpaired) electrons. The number of rotatable bonds is 5. The Morgan fingerprint density at radius 3 is 2.94 bits per heavy atom. The maximum absolute atomic E-state index is 11.1. The minimum atomic E-state index is -0.659. The molecule has 0 bridgehead atoms. The molecule has 0 saturated carbocycles. The van der Waals surface area contributed by atoms with Gasteiger partial charge < -0.3 is 10.2 Å². The first-order chi connectivity index (χ1) is 7.63. The zero-order valence-corrected chi connectivity index (χ0v) is 11.7. The highest BCUT2D eigenvalue weighted by Crippen LogP contribution is 2.12. The topological polar surface area (TPSA) is 32.3 Å². The summed E-state index contributed by atoms with van der Waals surface area (Å²) < 4.78 is 11.1. The lowest BCUT2D eigenvalue weighted by molar-refractivity contribution is 0.249. The van der Waals surface area contributed by atoms with Gasteiger partial charge in [0, 0.05) is 41.9 Å². The average Bonchev–Trinajstić information content (AvgIpc) is 2.50. The maximum Gasteiger partial charge on any atom is 0.0359 e. The fourth-order valence-electron chi connectivity index (χ4n) is 2.15. The van der Waals surface area contributed by atoms with Crippen LogP contribution in [0.25, 0.3) is 0 Å². The summed E-state index contributed by atoms with van der Waals surface area (Å²) in [5.74, 6) is 1.54. The lowest BCUT2D eigenvalue weighted by Gasteiger charge is -2.27. The minimum absolute atomic E-state index is 0.609. The van der Waals surface area contributed by atoms with Crippen LogP contribution >= 0.6 is 0 Å². The van der Waals surface area contributed by atoms with Crippen molar-refractivity contribution >= 4 is 10.8 Å². The number of hydrogen-bond donors (Lipinski definition) is 1. The average molecular weight is 246 g/mol. The standard InChI is InChI=1S/C12H26N2OS/c1-4-11(2)12-10-14(7-5-6-13-12)8-9-16(3)15/h11-13H,4-10H2,1-3H3. The molecule has 96 valence electrons. The molecule has 1 rings (SSSR count). The van der Waals surface area contributed by atoms with Crippen LogP contribution in [0.15, 0.2) is 0 Å². The molecular weight excluding hydrogens is 220 g/mol. The smallest absolute Gasteiger partial charge is 0.0359 e. The van der Waals surface area contributed by atoms with Crippen molar-refractivity contribution in [2.45, 2.75) is 32.7 Å². The van der Waals surface area contributed by atoms with Crippen LogP contribution in [0.5, 0.6) is 0 Å². The molecule has 1 aliphatic heterocycles. The number of hydrogen-bond acceptors (Lipinski definition) is 3. The molecule has 0 aromatic heterocycles. The highest BCUT2D eigenvalue weighted by atomic mass is 32.2. The molecule has 4 heteroatoms. The van der Waals surface area contributed by atoms with Crippen molar-refractivity contribution in [1.82, 2.24) is 10.2 Å². The Morgan fingerprint density at radius 2 is 2.31 bits per heavy atom. The molecule has 16 heavy (non-hydrogen) atoms. The highest BCUT2D eigenvalue weighted by Gasteiger charge is 2.21. The summed E-state index contributed by atoms with van der Waals surface area (Å²) in [5, 5.41) is 3.63. The van der Waals surface area contributed by atoms with Crippen molar-refractivity contribution in [3.05, 3.63) is 0 Å². The highest BCUT2D eigenvalue weighted by molar-refractivity contribution is 7.84. The van der Waals surface area contributed by atoms with Crippen molar-refractivity contribution in [3.63, 3.8) is 0 Å². The summed E-state index contributed by atoms with van der Waals surface area (Å²) in [6, 6.07) is 0.609. The maximum atomic E-state index is 11.1. The fourth-order valence-corrected chi connectivity index (χ4v) is 2.67. The second-order valence-electron chi connectivity index (χ2n) is 4.88. The summed E-state index contributed by atoms with van der Waals surface area (Å²) in [6.07, 6.45) is 4.23. The number of nitrogens with one attached hydrogen (secondary N) is 1. The van der Waals surface area contributed by atoms with E-state index >= 15 is 0 Å². The molecule has 1 fully saturated rings. The lowest BCUT2D eigenvalue weighted by atomic mass is 9.99. The molecule has 1 N–H and O–H groups in total. The van der Waals surface area contributed by atoms with Crippen LogP contribution in [-0.4, -0.2) is 53.3 Å². The van der Waals surface area contributed by atoms with Crippen LogP contribution in [0.2, 0.25) is 0 Å². The van der Waals surface area contributed by atoms with Crippen molar-refractivity contribution in [3.8, 4) is 0 Å². The van der Waals surface area contributed by atoms with Gasteiger partial charge in [0.1, 0.15) is 0 Å². The molecule has 0 aromatic carbocycles. The van der Waals surface area contributed by atoms with E-state index in [9.17, 15) is 4.21 Å². The molecule has 0 aromatic rings.